The summed E-state index contributed by atoms with van der Waals surface area (Å²) in [5, 5.41) is 0. The minimum Gasteiger partial charge on any atom is -0.372 e. The highest BCUT2D eigenvalue weighted by Gasteiger charge is 2.32. The highest BCUT2D eigenvalue weighted by molar-refractivity contribution is 9.10. The number of halogens is 1. The Hall–Kier alpha value is -2.06. The summed E-state index contributed by atoms with van der Waals surface area (Å²) in [6, 6.07) is 9.18. The molecular weight excluding hydrogens is 466 g/mol. The van der Waals surface area contributed by atoms with Crippen LogP contribution < -0.4 is 14.5 Å². The van der Waals surface area contributed by atoms with Gasteiger partial charge in [0.15, 0.2) is 0 Å². The molecule has 0 spiro atoms. The van der Waals surface area contributed by atoms with E-state index in [1.807, 2.05) is 25.1 Å². The molecule has 8 heteroatoms. The zero-order chi connectivity index (χ0) is 22.1. The molecule has 0 saturated carbocycles. The van der Waals surface area contributed by atoms with Crippen LogP contribution in [0.4, 0.5) is 17.1 Å². The first-order chi connectivity index (χ1) is 14.2. The lowest BCUT2D eigenvalue weighted by molar-refractivity contribution is -0.118. The third-order valence-corrected chi connectivity index (χ3v) is 7.31. The molecule has 0 radical (unpaired) electrons. The van der Waals surface area contributed by atoms with Crippen LogP contribution in [0, 0.1) is 6.92 Å². The third-order valence-electron chi connectivity index (χ3n) is 5.47. The van der Waals surface area contributed by atoms with E-state index in [4.69, 9.17) is 0 Å². The molecular formula is C22H28BrN3O3S. The summed E-state index contributed by atoms with van der Waals surface area (Å²) < 4.78 is 30.2. The van der Waals surface area contributed by atoms with Gasteiger partial charge < -0.3 is 9.80 Å². The van der Waals surface area contributed by atoms with Crippen LogP contribution >= 0.6 is 15.9 Å². The fraction of sp³-hybridized carbons (Fsp3) is 0.409. The van der Waals surface area contributed by atoms with Crippen LogP contribution in [0.2, 0.25) is 0 Å². The van der Waals surface area contributed by atoms with E-state index in [2.05, 4.69) is 39.4 Å². The SMILES string of the molecule is CCC(=O)N1CCc2cc(Br)cc(S(=O)(=O)Nc3ccc(N(CC)CC)cc3C)c21. The van der Waals surface area contributed by atoms with Crippen LogP contribution in [0.15, 0.2) is 39.7 Å². The number of aryl methyl sites for hydroxylation is 1. The van der Waals surface area contributed by atoms with Crippen molar-refractivity contribution in [2.75, 3.05) is 34.2 Å². The maximum absolute atomic E-state index is 13.4. The summed E-state index contributed by atoms with van der Waals surface area (Å²) in [6.45, 7) is 10.1. The number of nitrogens with one attached hydrogen (secondary N) is 1. The van der Waals surface area contributed by atoms with Crippen molar-refractivity contribution in [1.29, 1.82) is 0 Å². The molecule has 1 aliphatic heterocycles. The van der Waals surface area contributed by atoms with Gasteiger partial charge in [0.05, 0.1) is 11.4 Å². The molecule has 30 heavy (non-hydrogen) atoms. The van der Waals surface area contributed by atoms with Crippen molar-refractivity contribution in [2.45, 2.75) is 45.4 Å². The number of amides is 1. The van der Waals surface area contributed by atoms with Crippen LogP contribution in [0.25, 0.3) is 0 Å². The van der Waals surface area contributed by atoms with Gasteiger partial charge in [0, 0.05) is 36.2 Å². The fourth-order valence-corrected chi connectivity index (χ4v) is 5.93. The fourth-order valence-electron chi connectivity index (χ4n) is 3.86. The maximum Gasteiger partial charge on any atom is 0.264 e. The van der Waals surface area contributed by atoms with E-state index >= 15 is 0 Å². The molecule has 2 aromatic rings. The Morgan fingerprint density at radius 1 is 1.17 bits per heavy atom. The summed E-state index contributed by atoms with van der Waals surface area (Å²) in [5.74, 6) is -0.0766. The van der Waals surface area contributed by atoms with E-state index in [9.17, 15) is 13.2 Å². The second-order valence-corrected chi connectivity index (χ2v) is 9.90. The van der Waals surface area contributed by atoms with Gasteiger partial charge in [-0.15, -0.1) is 0 Å². The molecule has 0 aromatic heterocycles. The zero-order valence-electron chi connectivity index (χ0n) is 17.8. The van der Waals surface area contributed by atoms with Gasteiger partial charge in [-0.05, 0) is 68.7 Å². The van der Waals surface area contributed by atoms with Gasteiger partial charge >= 0.3 is 0 Å². The number of benzene rings is 2. The summed E-state index contributed by atoms with van der Waals surface area (Å²) >= 11 is 3.42. The number of rotatable bonds is 7. The van der Waals surface area contributed by atoms with Crippen LogP contribution in [0.1, 0.15) is 38.3 Å². The van der Waals surface area contributed by atoms with Gasteiger partial charge in [0.25, 0.3) is 10.0 Å². The van der Waals surface area contributed by atoms with E-state index in [0.717, 1.165) is 29.9 Å². The van der Waals surface area contributed by atoms with Crippen molar-refractivity contribution in [1.82, 2.24) is 0 Å². The molecule has 0 fully saturated rings. The lowest BCUT2D eigenvalue weighted by atomic mass is 10.1. The predicted octanol–water partition coefficient (Wildman–Crippen LogP) is 4.70. The number of carbonyl (C=O) groups excluding carboxylic acids is 1. The minimum absolute atomic E-state index is 0.0766. The van der Waals surface area contributed by atoms with E-state index < -0.39 is 10.0 Å². The number of nitrogens with zero attached hydrogens (tertiary/aromatic N) is 2. The van der Waals surface area contributed by atoms with Crippen LogP contribution in [-0.4, -0.2) is 34.0 Å². The van der Waals surface area contributed by atoms with E-state index in [1.165, 1.54) is 0 Å². The molecule has 1 N–H and O–H groups in total. The first kappa shape index (κ1) is 22.6. The van der Waals surface area contributed by atoms with Crippen molar-refractivity contribution in [3.05, 3.63) is 45.9 Å². The number of carbonyl (C=O) groups is 1. The van der Waals surface area contributed by atoms with Gasteiger partial charge in [0.1, 0.15) is 4.90 Å². The molecule has 1 heterocycles. The molecule has 6 nitrogen and oxygen atoms in total. The zero-order valence-corrected chi connectivity index (χ0v) is 20.2. The number of sulfonamides is 1. The van der Waals surface area contributed by atoms with Gasteiger partial charge in [-0.1, -0.05) is 22.9 Å². The Labute approximate surface area is 187 Å². The second kappa shape index (κ2) is 8.98. The summed E-state index contributed by atoms with van der Waals surface area (Å²) in [4.78, 5) is 16.3. The minimum atomic E-state index is -3.89. The molecule has 162 valence electrons. The van der Waals surface area contributed by atoms with Gasteiger partial charge in [-0.2, -0.15) is 0 Å². The quantitative estimate of drug-likeness (QED) is 0.606. The van der Waals surface area contributed by atoms with Crippen molar-refractivity contribution in [3.8, 4) is 0 Å². The Morgan fingerprint density at radius 3 is 2.47 bits per heavy atom. The molecule has 0 unspecified atom stereocenters. The van der Waals surface area contributed by atoms with Crippen LogP contribution in [0.3, 0.4) is 0 Å². The number of hydrogen-bond acceptors (Lipinski definition) is 4. The van der Waals surface area contributed by atoms with Gasteiger partial charge in [-0.25, -0.2) is 8.42 Å². The summed E-state index contributed by atoms with van der Waals surface area (Å²) in [7, 11) is -3.89. The first-order valence-corrected chi connectivity index (χ1v) is 12.5. The van der Waals surface area contributed by atoms with E-state index in [0.29, 0.717) is 35.2 Å². The van der Waals surface area contributed by atoms with Crippen molar-refractivity contribution in [2.24, 2.45) is 0 Å². The normalized spacial score (nSPS) is 13.3. The third kappa shape index (κ3) is 4.34. The number of hydrogen-bond donors (Lipinski definition) is 1. The monoisotopic (exact) mass is 493 g/mol. The molecule has 0 saturated heterocycles. The Balaban J connectivity index is 2.01. The maximum atomic E-state index is 13.4. The Morgan fingerprint density at radius 2 is 1.87 bits per heavy atom. The van der Waals surface area contributed by atoms with Crippen molar-refractivity contribution < 1.29 is 13.2 Å². The Kier molecular flexibility index (Phi) is 6.77. The van der Waals surface area contributed by atoms with E-state index in [-0.39, 0.29) is 10.8 Å². The smallest absolute Gasteiger partial charge is 0.264 e. The highest BCUT2D eigenvalue weighted by Crippen LogP contribution is 2.38. The predicted molar refractivity (Wildman–Crippen MR) is 126 cm³/mol. The second-order valence-electron chi connectivity index (χ2n) is 7.34. The molecule has 1 amide bonds. The van der Waals surface area contributed by atoms with Crippen LogP contribution in [0.5, 0.6) is 0 Å². The highest BCUT2D eigenvalue weighted by atomic mass is 79.9. The number of anilines is 3. The van der Waals surface area contributed by atoms with Crippen LogP contribution in [-0.2, 0) is 21.2 Å². The first-order valence-electron chi connectivity index (χ1n) is 10.2. The molecule has 0 atom stereocenters. The summed E-state index contributed by atoms with van der Waals surface area (Å²) in [5.41, 5.74) is 3.79. The number of fused-ring (bicyclic) bond motifs is 1. The van der Waals surface area contributed by atoms with E-state index in [1.54, 1.807) is 24.0 Å². The standard InChI is InChI=1S/C22H28BrN3O3S/c1-5-21(27)26-11-10-16-13-17(23)14-20(22(16)26)30(28,29)24-19-9-8-18(12-15(19)4)25(6-2)7-3/h8-9,12-14,24H,5-7,10-11H2,1-4H3. The average Bonchev–Trinajstić information content (AvgIpc) is 3.13. The largest absolute Gasteiger partial charge is 0.372 e. The summed E-state index contributed by atoms with van der Waals surface area (Å²) in [6.07, 6.45) is 0.967. The molecule has 3 rings (SSSR count). The Bertz CT molecular complexity index is 1070. The van der Waals surface area contributed by atoms with Crippen molar-refractivity contribution >= 4 is 48.9 Å². The topological polar surface area (TPSA) is 69.7 Å². The molecule has 2 aromatic carbocycles. The van der Waals surface area contributed by atoms with Crippen molar-refractivity contribution in [3.63, 3.8) is 0 Å². The molecule has 1 aliphatic rings. The molecule has 0 aliphatic carbocycles. The lowest BCUT2D eigenvalue weighted by Gasteiger charge is -2.23. The average molecular weight is 494 g/mol. The molecule has 0 bridgehead atoms. The van der Waals surface area contributed by atoms with Gasteiger partial charge in [-0.3, -0.25) is 9.52 Å². The van der Waals surface area contributed by atoms with Gasteiger partial charge in [0.2, 0.25) is 5.91 Å². The lowest BCUT2D eigenvalue weighted by Crippen LogP contribution is -2.29.